The maximum absolute atomic E-state index is 5.79. The number of nitrogens with one attached hydrogen (secondary N) is 1. The van der Waals surface area contributed by atoms with Gasteiger partial charge in [0.1, 0.15) is 9.34 Å². The average molecular weight is 257 g/mol. The van der Waals surface area contributed by atoms with Crippen molar-refractivity contribution in [1.82, 2.24) is 20.1 Å². The number of aromatic nitrogens is 3. The normalized spacial score (nSPS) is 10.9. The lowest BCUT2D eigenvalue weighted by atomic mass is 10.3. The number of thiazole rings is 1. The Bertz CT molecular complexity index is 409. The Morgan fingerprint density at radius 2 is 2.44 bits per heavy atom. The molecule has 0 aliphatic rings. The Kier molecular flexibility index (Phi) is 3.93. The zero-order valence-corrected chi connectivity index (χ0v) is 10.6. The number of aryl methyl sites for hydroxylation is 1. The molecule has 0 amide bonds. The molecule has 2 rings (SSSR count). The van der Waals surface area contributed by atoms with Crippen molar-refractivity contribution in [2.24, 2.45) is 7.05 Å². The second kappa shape index (κ2) is 5.43. The highest BCUT2D eigenvalue weighted by Gasteiger charge is 2.00. The minimum atomic E-state index is 0.738. The van der Waals surface area contributed by atoms with Crippen molar-refractivity contribution in [3.05, 3.63) is 33.5 Å². The summed E-state index contributed by atoms with van der Waals surface area (Å²) in [7, 11) is 1.93. The van der Waals surface area contributed by atoms with Crippen molar-refractivity contribution in [3.63, 3.8) is 0 Å². The predicted octanol–water partition coefficient (Wildman–Crippen LogP) is 1.86. The summed E-state index contributed by atoms with van der Waals surface area (Å²) in [4.78, 5) is 4.17. The smallest absolute Gasteiger partial charge is 0.113 e. The predicted molar refractivity (Wildman–Crippen MR) is 65.7 cm³/mol. The maximum Gasteiger partial charge on any atom is 0.113 e. The summed E-state index contributed by atoms with van der Waals surface area (Å²) in [5.74, 6) is 0. The van der Waals surface area contributed by atoms with Gasteiger partial charge in [-0.25, -0.2) is 4.98 Å². The monoisotopic (exact) mass is 256 g/mol. The van der Waals surface area contributed by atoms with Gasteiger partial charge in [0.15, 0.2) is 0 Å². The highest BCUT2D eigenvalue weighted by Crippen LogP contribution is 2.17. The zero-order valence-electron chi connectivity index (χ0n) is 8.98. The van der Waals surface area contributed by atoms with Gasteiger partial charge in [0.2, 0.25) is 0 Å². The zero-order chi connectivity index (χ0) is 11.4. The highest BCUT2D eigenvalue weighted by molar-refractivity contribution is 7.15. The lowest BCUT2D eigenvalue weighted by Gasteiger charge is -1.99. The van der Waals surface area contributed by atoms with Gasteiger partial charge < -0.3 is 5.32 Å². The van der Waals surface area contributed by atoms with Crippen LogP contribution in [0.3, 0.4) is 0 Å². The van der Waals surface area contributed by atoms with Crippen molar-refractivity contribution in [3.8, 4) is 0 Å². The van der Waals surface area contributed by atoms with E-state index >= 15 is 0 Å². The van der Waals surface area contributed by atoms with Gasteiger partial charge in [-0.15, -0.1) is 11.3 Å². The molecule has 2 heterocycles. The van der Waals surface area contributed by atoms with Crippen LogP contribution in [0.1, 0.15) is 10.7 Å². The Balaban J connectivity index is 1.69. The molecule has 0 saturated carbocycles. The van der Waals surface area contributed by atoms with Crippen molar-refractivity contribution < 1.29 is 0 Å². The van der Waals surface area contributed by atoms with Crippen LogP contribution >= 0.6 is 22.9 Å². The Hall–Kier alpha value is -0.910. The maximum atomic E-state index is 5.79. The number of rotatable bonds is 5. The lowest BCUT2D eigenvalue weighted by Crippen LogP contribution is -2.16. The molecule has 0 aromatic carbocycles. The van der Waals surface area contributed by atoms with Crippen LogP contribution in [0.25, 0.3) is 0 Å². The number of hydrogen-bond acceptors (Lipinski definition) is 4. The molecule has 86 valence electrons. The summed E-state index contributed by atoms with van der Waals surface area (Å²) >= 11 is 7.30. The first-order valence-electron chi connectivity index (χ1n) is 5.03. The van der Waals surface area contributed by atoms with Gasteiger partial charge in [-0.1, -0.05) is 11.6 Å². The molecule has 6 heteroatoms. The van der Waals surface area contributed by atoms with E-state index in [0.29, 0.717) is 0 Å². The van der Waals surface area contributed by atoms with Gasteiger partial charge in [0.25, 0.3) is 0 Å². The van der Waals surface area contributed by atoms with Gasteiger partial charge in [0.05, 0.1) is 11.9 Å². The SMILES string of the molecule is Cn1ccc(CCNCc2ncc(Cl)s2)n1. The Morgan fingerprint density at radius 3 is 3.06 bits per heavy atom. The van der Waals surface area contributed by atoms with Crippen LogP contribution in [-0.2, 0) is 20.0 Å². The minimum absolute atomic E-state index is 0.738. The molecule has 0 radical (unpaired) electrons. The van der Waals surface area contributed by atoms with E-state index in [4.69, 9.17) is 11.6 Å². The Morgan fingerprint density at radius 1 is 1.56 bits per heavy atom. The summed E-state index contributed by atoms with van der Waals surface area (Å²) in [5, 5.41) is 8.63. The summed E-state index contributed by atoms with van der Waals surface area (Å²) < 4.78 is 2.55. The standard InChI is InChI=1S/C10H13ClN4S/c1-15-5-3-8(14-15)2-4-12-7-10-13-6-9(11)16-10/h3,5-6,12H,2,4,7H2,1H3. The fourth-order valence-electron chi connectivity index (χ4n) is 1.38. The third-order valence-corrected chi connectivity index (χ3v) is 3.24. The second-order valence-electron chi connectivity index (χ2n) is 3.47. The molecule has 0 atom stereocenters. The van der Waals surface area contributed by atoms with Crippen LogP contribution in [-0.4, -0.2) is 21.3 Å². The molecule has 0 aliphatic heterocycles. The summed E-state index contributed by atoms with van der Waals surface area (Å²) in [5.41, 5.74) is 1.10. The molecule has 1 N–H and O–H groups in total. The molecular weight excluding hydrogens is 244 g/mol. The first-order chi connectivity index (χ1) is 7.74. The van der Waals surface area contributed by atoms with Crippen LogP contribution in [0.2, 0.25) is 4.34 Å². The molecule has 2 aromatic heterocycles. The largest absolute Gasteiger partial charge is 0.310 e. The van der Waals surface area contributed by atoms with E-state index in [-0.39, 0.29) is 0 Å². The Labute approximate surface area is 103 Å². The lowest BCUT2D eigenvalue weighted by molar-refractivity contribution is 0.663. The summed E-state index contributed by atoms with van der Waals surface area (Å²) in [6.45, 7) is 1.67. The van der Waals surface area contributed by atoms with Crippen molar-refractivity contribution in [1.29, 1.82) is 0 Å². The van der Waals surface area contributed by atoms with E-state index in [1.54, 1.807) is 6.20 Å². The van der Waals surface area contributed by atoms with E-state index in [1.807, 2.05) is 24.0 Å². The van der Waals surface area contributed by atoms with Crippen LogP contribution < -0.4 is 5.32 Å². The fourth-order valence-corrected chi connectivity index (χ4v) is 2.30. The first-order valence-corrected chi connectivity index (χ1v) is 6.23. The van der Waals surface area contributed by atoms with Crippen LogP contribution in [0, 0.1) is 0 Å². The average Bonchev–Trinajstić information content (AvgIpc) is 2.83. The van der Waals surface area contributed by atoms with Crippen molar-refractivity contribution >= 4 is 22.9 Å². The summed E-state index contributed by atoms with van der Waals surface area (Å²) in [6.07, 6.45) is 4.57. The number of halogens is 1. The highest BCUT2D eigenvalue weighted by atomic mass is 35.5. The topological polar surface area (TPSA) is 42.7 Å². The quantitative estimate of drug-likeness (QED) is 0.831. The fraction of sp³-hybridized carbons (Fsp3) is 0.400. The van der Waals surface area contributed by atoms with Crippen LogP contribution in [0.5, 0.6) is 0 Å². The molecule has 4 nitrogen and oxygen atoms in total. The van der Waals surface area contributed by atoms with Gasteiger partial charge in [-0.05, 0) is 6.07 Å². The molecule has 0 unspecified atom stereocenters. The van der Waals surface area contributed by atoms with Crippen LogP contribution in [0.15, 0.2) is 18.5 Å². The summed E-state index contributed by atoms with van der Waals surface area (Å²) in [6, 6.07) is 2.03. The van der Waals surface area contributed by atoms with E-state index in [9.17, 15) is 0 Å². The second-order valence-corrected chi connectivity index (χ2v) is 5.21. The molecule has 0 bridgehead atoms. The van der Waals surface area contributed by atoms with Crippen LogP contribution in [0.4, 0.5) is 0 Å². The number of nitrogens with zero attached hydrogens (tertiary/aromatic N) is 3. The van der Waals surface area contributed by atoms with Crippen molar-refractivity contribution in [2.45, 2.75) is 13.0 Å². The molecule has 0 spiro atoms. The van der Waals surface area contributed by atoms with Gasteiger partial charge in [0, 0.05) is 32.8 Å². The third-order valence-electron chi connectivity index (χ3n) is 2.13. The molecule has 0 saturated heterocycles. The van der Waals surface area contributed by atoms with E-state index < -0.39 is 0 Å². The third kappa shape index (κ3) is 3.30. The van der Waals surface area contributed by atoms with E-state index in [2.05, 4.69) is 15.4 Å². The molecule has 16 heavy (non-hydrogen) atoms. The van der Waals surface area contributed by atoms with Crippen molar-refractivity contribution in [2.75, 3.05) is 6.54 Å². The first kappa shape index (κ1) is 11.6. The van der Waals surface area contributed by atoms with Gasteiger partial charge in [-0.3, -0.25) is 4.68 Å². The molecular formula is C10H13ClN4S. The van der Waals surface area contributed by atoms with Gasteiger partial charge >= 0.3 is 0 Å². The number of hydrogen-bond donors (Lipinski definition) is 1. The molecule has 0 aliphatic carbocycles. The molecule has 0 fully saturated rings. The van der Waals surface area contributed by atoms with E-state index in [1.165, 1.54) is 11.3 Å². The van der Waals surface area contributed by atoms with E-state index in [0.717, 1.165) is 34.5 Å². The van der Waals surface area contributed by atoms with Gasteiger partial charge in [-0.2, -0.15) is 5.10 Å². The minimum Gasteiger partial charge on any atom is -0.310 e. The molecule has 2 aromatic rings.